The fourth-order valence-electron chi connectivity index (χ4n) is 3.04. The first-order valence-electron chi connectivity index (χ1n) is 8.40. The van der Waals surface area contributed by atoms with Crippen molar-refractivity contribution in [2.24, 2.45) is 0 Å². The number of anilines is 1. The summed E-state index contributed by atoms with van der Waals surface area (Å²) in [7, 11) is 0. The minimum Gasteiger partial charge on any atom is -0.478 e. The van der Waals surface area contributed by atoms with Crippen LogP contribution in [0.25, 0.3) is 5.69 Å². The number of fused-ring (bicyclic) bond motifs is 1. The summed E-state index contributed by atoms with van der Waals surface area (Å²) < 4.78 is 1.60. The van der Waals surface area contributed by atoms with E-state index in [4.69, 9.17) is 10.4 Å². The third-order valence-corrected chi connectivity index (χ3v) is 5.71. The molecule has 2 aromatic carbocycles. The number of hydrogen-bond donors (Lipinski definition) is 2. The van der Waals surface area contributed by atoms with Crippen molar-refractivity contribution in [1.82, 2.24) is 9.78 Å². The first-order chi connectivity index (χ1) is 13.6. The molecule has 1 atom stereocenters. The topological polar surface area (TPSA) is 108 Å². The molecule has 0 spiro atoms. The van der Waals surface area contributed by atoms with Gasteiger partial charge in [0.25, 0.3) is 0 Å². The molecule has 1 aliphatic rings. The average Bonchev–Trinajstić information content (AvgIpc) is 3.04. The van der Waals surface area contributed by atoms with Crippen molar-refractivity contribution in [2.45, 2.75) is 5.25 Å². The zero-order valence-electron chi connectivity index (χ0n) is 14.5. The molecule has 0 radical (unpaired) electrons. The van der Waals surface area contributed by atoms with Crippen LogP contribution in [-0.4, -0.2) is 32.5 Å². The highest BCUT2D eigenvalue weighted by molar-refractivity contribution is 8.00. The molecule has 1 aliphatic heterocycles. The van der Waals surface area contributed by atoms with Crippen molar-refractivity contribution >= 4 is 29.5 Å². The number of carboxylic acids is 1. The fourth-order valence-corrected chi connectivity index (χ4v) is 4.14. The minimum absolute atomic E-state index is 0.117. The van der Waals surface area contributed by atoms with Gasteiger partial charge in [-0.2, -0.15) is 10.4 Å². The maximum absolute atomic E-state index is 12.3. The van der Waals surface area contributed by atoms with Gasteiger partial charge >= 0.3 is 5.97 Å². The second-order valence-electron chi connectivity index (χ2n) is 6.19. The van der Waals surface area contributed by atoms with E-state index in [9.17, 15) is 9.59 Å². The van der Waals surface area contributed by atoms with E-state index in [0.717, 1.165) is 11.1 Å². The number of aromatic carboxylic acids is 1. The number of hydrogen-bond acceptors (Lipinski definition) is 5. The lowest BCUT2D eigenvalue weighted by Gasteiger charge is -2.14. The quantitative estimate of drug-likeness (QED) is 0.711. The van der Waals surface area contributed by atoms with Gasteiger partial charge in [-0.15, -0.1) is 11.8 Å². The van der Waals surface area contributed by atoms with E-state index >= 15 is 0 Å². The monoisotopic (exact) mass is 390 g/mol. The van der Waals surface area contributed by atoms with Crippen molar-refractivity contribution in [3.8, 4) is 11.8 Å². The maximum atomic E-state index is 12.3. The molecule has 0 fully saturated rings. The van der Waals surface area contributed by atoms with E-state index in [1.54, 1.807) is 35.1 Å². The molecule has 3 aromatic rings. The Bertz CT molecular complexity index is 1100. The van der Waals surface area contributed by atoms with E-state index in [2.05, 4.69) is 16.5 Å². The smallest absolute Gasteiger partial charge is 0.335 e. The molecular formula is C20H14N4O3S. The van der Waals surface area contributed by atoms with Gasteiger partial charge in [0.1, 0.15) is 5.82 Å². The summed E-state index contributed by atoms with van der Waals surface area (Å²) in [6.07, 6.45) is 1.71. The van der Waals surface area contributed by atoms with Gasteiger partial charge in [-0.1, -0.05) is 12.1 Å². The summed E-state index contributed by atoms with van der Waals surface area (Å²) in [5.74, 6) is -0.285. The van der Waals surface area contributed by atoms with Crippen LogP contribution in [0, 0.1) is 11.3 Å². The number of amides is 1. The number of nitrogens with zero attached hydrogens (tertiary/aromatic N) is 3. The largest absolute Gasteiger partial charge is 0.478 e. The van der Waals surface area contributed by atoms with E-state index < -0.39 is 5.97 Å². The molecule has 4 rings (SSSR count). The Morgan fingerprint density at radius 2 is 1.93 bits per heavy atom. The summed E-state index contributed by atoms with van der Waals surface area (Å²) >= 11 is 1.49. The van der Waals surface area contributed by atoms with Crippen LogP contribution >= 0.6 is 11.8 Å². The molecule has 28 heavy (non-hydrogen) atoms. The standard InChI is InChI=1S/C20H14N4O3S/c21-9-12-1-3-13(4-2-12)18-16-10-22-24(19(16)23-17(25)11-28-18)15-7-5-14(6-8-15)20(26)27/h1-8,10,18H,11H2,(H,23,25)(H,26,27)/t18-/m1/s1. The second-order valence-corrected chi connectivity index (χ2v) is 7.28. The molecular weight excluding hydrogens is 376 g/mol. The normalized spacial score (nSPS) is 15.8. The third-order valence-electron chi connectivity index (χ3n) is 4.42. The number of benzene rings is 2. The van der Waals surface area contributed by atoms with Crippen LogP contribution in [-0.2, 0) is 4.79 Å². The van der Waals surface area contributed by atoms with Crippen molar-refractivity contribution in [2.75, 3.05) is 11.1 Å². The van der Waals surface area contributed by atoms with E-state index in [1.807, 2.05) is 12.1 Å². The lowest BCUT2D eigenvalue weighted by molar-refractivity contribution is -0.113. The SMILES string of the molecule is N#Cc1ccc([C@H]2SCC(=O)Nc3c2cnn3-c2ccc(C(=O)O)cc2)cc1. The minimum atomic E-state index is -1.00. The van der Waals surface area contributed by atoms with Gasteiger partial charge in [0, 0.05) is 5.56 Å². The predicted octanol–water partition coefficient (Wildman–Crippen LogP) is 3.22. The van der Waals surface area contributed by atoms with Crippen molar-refractivity contribution < 1.29 is 14.7 Å². The molecule has 1 amide bonds. The molecule has 0 saturated heterocycles. The number of thioether (sulfide) groups is 1. The summed E-state index contributed by atoms with van der Waals surface area (Å²) in [5.41, 5.74) is 3.23. The Morgan fingerprint density at radius 3 is 2.57 bits per heavy atom. The lowest BCUT2D eigenvalue weighted by atomic mass is 10.0. The Hall–Kier alpha value is -3.57. The zero-order chi connectivity index (χ0) is 19.7. The van der Waals surface area contributed by atoms with Gasteiger partial charge in [-0.3, -0.25) is 4.79 Å². The molecule has 0 unspecified atom stereocenters. The Balaban J connectivity index is 1.77. The van der Waals surface area contributed by atoms with E-state index in [0.29, 0.717) is 17.1 Å². The molecule has 8 heteroatoms. The van der Waals surface area contributed by atoms with E-state index in [-0.39, 0.29) is 22.5 Å². The van der Waals surface area contributed by atoms with Crippen molar-refractivity contribution in [1.29, 1.82) is 5.26 Å². The number of carbonyl (C=O) groups excluding carboxylic acids is 1. The first kappa shape index (κ1) is 17.8. The average molecular weight is 390 g/mol. The number of rotatable bonds is 3. The molecule has 138 valence electrons. The van der Waals surface area contributed by atoms with Crippen LogP contribution in [0.5, 0.6) is 0 Å². The highest BCUT2D eigenvalue weighted by Gasteiger charge is 2.28. The summed E-state index contributed by atoms with van der Waals surface area (Å²) in [4.78, 5) is 23.3. The molecule has 0 saturated carbocycles. The van der Waals surface area contributed by atoms with Crippen LogP contribution < -0.4 is 5.32 Å². The highest BCUT2D eigenvalue weighted by Crippen LogP contribution is 2.42. The number of nitrogens with one attached hydrogen (secondary N) is 1. The summed E-state index contributed by atoms with van der Waals surface area (Å²) in [5, 5.41) is 25.3. The number of carboxylic acid groups (broad SMARTS) is 1. The van der Waals surface area contributed by atoms with Gasteiger partial charge < -0.3 is 10.4 Å². The molecule has 0 bridgehead atoms. The zero-order valence-corrected chi connectivity index (χ0v) is 15.3. The fraction of sp³-hybridized carbons (Fsp3) is 0.100. The van der Waals surface area contributed by atoms with Crippen molar-refractivity contribution in [3.05, 3.63) is 77.0 Å². The van der Waals surface area contributed by atoms with Gasteiger partial charge in [0.05, 0.1) is 40.1 Å². The van der Waals surface area contributed by atoms with Gasteiger partial charge in [-0.05, 0) is 42.0 Å². The first-order valence-corrected chi connectivity index (χ1v) is 9.45. The Kier molecular flexibility index (Phi) is 4.59. The second kappa shape index (κ2) is 7.21. The van der Waals surface area contributed by atoms with Crippen LogP contribution in [0.1, 0.15) is 32.3 Å². The van der Waals surface area contributed by atoms with Crippen LogP contribution in [0.4, 0.5) is 5.82 Å². The third kappa shape index (κ3) is 3.23. The van der Waals surface area contributed by atoms with Gasteiger partial charge in [0.15, 0.2) is 0 Å². The molecule has 0 aliphatic carbocycles. The van der Waals surface area contributed by atoms with Crippen molar-refractivity contribution in [3.63, 3.8) is 0 Å². The lowest BCUT2D eigenvalue weighted by Crippen LogP contribution is -2.15. The van der Waals surface area contributed by atoms with Crippen LogP contribution in [0.15, 0.2) is 54.7 Å². The van der Waals surface area contributed by atoms with Gasteiger partial charge in [-0.25, -0.2) is 9.48 Å². The predicted molar refractivity (Wildman–Crippen MR) is 105 cm³/mol. The van der Waals surface area contributed by atoms with Crippen LogP contribution in [0.2, 0.25) is 0 Å². The Morgan fingerprint density at radius 1 is 1.21 bits per heavy atom. The van der Waals surface area contributed by atoms with E-state index in [1.165, 1.54) is 23.9 Å². The number of nitriles is 1. The molecule has 1 aromatic heterocycles. The Labute approximate surface area is 164 Å². The molecule has 7 nitrogen and oxygen atoms in total. The highest BCUT2D eigenvalue weighted by atomic mass is 32.2. The number of aromatic nitrogens is 2. The summed E-state index contributed by atoms with van der Waals surface area (Å²) in [6.45, 7) is 0. The number of carbonyl (C=O) groups is 2. The maximum Gasteiger partial charge on any atom is 0.335 e. The molecule has 2 N–H and O–H groups in total. The van der Waals surface area contributed by atoms with Gasteiger partial charge in [0.2, 0.25) is 5.91 Å². The molecule has 2 heterocycles. The summed E-state index contributed by atoms with van der Waals surface area (Å²) in [6, 6.07) is 15.7. The van der Waals surface area contributed by atoms with Crippen LogP contribution in [0.3, 0.4) is 0 Å².